The minimum atomic E-state index is -0.795. The van der Waals surface area contributed by atoms with Crippen molar-refractivity contribution >= 4 is 52.1 Å². The molecule has 0 saturated carbocycles. The zero-order chi connectivity index (χ0) is 25.9. The molecule has 37 heavy (non-hydrogen) atoms. The molecule has 1 aliphatic rings. The van der Waals surface area contributed by atoms with Gasteiger partial charge in [-0.05, 0) is 48.4 Å². The maximum absolute atomic E-state index is 13.3. The summed E-state index contributed by atoms with van der Waals surface area (Å²) in [5, 5.41) is 5.88. The van der Waals surface area contributed by atoms with Crippen LogP contribution in [0.5, 0.6) is 0 Å². The van der Waals surface area contributed by atoms with Gasteiger partial charge >= 0.3 is 6.03 Å². The van der Waals surface area contributed by atoms with Gasteiger partial charge in [-0.1, -0.05) is 55.5 Å². The first-order valence-corrected chi connectivity index (χ1v) is 11.9. The quantitative estimate of drug-likeness (QED) is 0.306. The van der Waals surface area contributed by atoms with E-state index in [4.69, 9.17) is 0 Å². The number of urea groups is 1. The molecule has 1 aliphatic heterocycles. The normalized spacial score (nSPS) is 14.8. The van der Waals surface area contributed by atoms with E-state index in [1.807, 2.05) is 61.5 Å². The molecule has 1 aromatic heterocycles. The van der Waals surface area contributed by atoms with Crippen LogP contribution >= 0.6 is 0 Å². The van der Waals surface area contributed by atoms with Crippen LogP contribution in [-0.4, -0.2) is 28.3 Å². The molecule has 0 radical (unpaired) electrons. The second-order valence-electron chi connectivity index (χ2n) is 8.62. The summed E-state index contributed by atoms with van der Waals surface area (Å²) in [5.41, 5.74) is 3.30. The average Bonchev–Trinajstić information content (AvgIpc) is 3.24. The van der Waals surface area contributed by atoms with Gasteiger partial charge in [0.25, 0.3) is 11.8 Å². The van der Waals surface area contributed by atoms with E-state index < -0.39 is 17.8 Å². The van der Waals surface area contributed by atoms with Gasteiger partial charge in [-0.15, -0.1) is 0 Å². The molecule has 5 amide bonds. The van der Waals surface area contributed by atoms with Crippen LogP contribution in [0.1, 0.15) is 18.1 Å². The number of aromatic nitrogens is 1. The van der Waals surface area contributed by atoms with Crippen LogP contribution in [0.15, 0.2) is 90.6 Å². The highest BCUT2D eigenvalue weighted by molar-refractivity contribution is 6.39. The summed E-state index contributed by atoms with van der Waals surface area (Å²) in [7, 11) is 0. The number of imide groups is 2. The number of barbiturate groups is 1. The highest BCUT2D eigenvalue weighted by Gasteiger charge is 2.37. The molecule has 184 valence electrons. The molecule has 0 unspecified atom stereocenters. The lowest BCUT2D eigenvalue weighted by molar-refractivity contribution is -0.122. The lowest BCUT2D eigenvalue weighted by Gasteiger charge is -2.26. The van der Waals surface area contributed by atoms with Gasteiger partial charge in [0, 0.05) is 28.4 Å². The summed E-state index contributed by atoms with van der Waals surface area (Å²) >= 11 is 0. The SMILES string of the molecule is CCc1ccc(N2C(=O)NC(=O)/C(=C/c3cn(CC(=O)Nc4ccccc4)c4ccccc34)C2=O)cc1. The molecule has 2 heterocycles. The summed E-state index contributed by atoms with van der Waals surface area (Å²) in [6.45, 7) is 2.04. The predicted octanol–water partition coefficient (Wildman–Crippen LogP) is 4.51. The van der Waals surface area contributed by atoms with Crippen molar-refractivity contribution in [3.63, 3.8) is 0 Å². The van der Waals surface area contributed by atoms with Crippen LogP contribution in [0, 0.1) is 0 Å². The number of benzene rings is 3. The van der Waals surface area contributed by atoms with Crippen molar-refractivity contribution in [2.75, 3.05) is 10.2 Å². The molecule has 5 rings (SSSR count). The molecule has 8 heteroatoms. The van der Waals surface area contributed by atoms with Crippen molar-refractivity contribution in [1.82, 2.24) is 9.88 Å². The monoisotopic (exact) mass is 492 g/mol. The Morgan fingerprint density at radius 1 is 0.919 bits per heavy atom. The number of fused-ring (bicyclic) bond motifs is 1. The molecular weight excluding hydrogens is 468 g/mol. The second-order valence-corrected chi connectivity index (χ2v) is 8.62. The van der Waals surface area contributed by atoms with E-state index in [1.165, 1.54) is 6.08 Å². The van der Waals surface area contributed by atoms with E-state index in [0.717, 1.165) is 27.8 Å². The van der Waals surface area contributed by atoms with Gasteiger partial charge in [-0.2, -0.15) is 0 Å². The molecule has 4 aromatic rings. The number of rotatable bonds is 6. The molecule has 3 aromatic carbocycles. The predicted molar refractivity (Wildman–Crippen MR) is 142 cm³/mol. The third-order valence-electron chi connectivity index (χ3n) is 6.20. The molecule has 0 bridgehead atoms. The fraction of sp³-hybridized carbons (Fsp3) is 0.103. The summed E-state index contributed by atoms with van der Waals surface area (Å²) in [4.78, 5) is 52.2. The number of carbonyl (C=O) groups is 4. The minimum absolute atomic E-state index is 0.0348. The van der Waals surface area contributed by atoms with Crippen molar-refractivity contribution in [3.05, 3.63) is 102 Å². The Hall–Kier alpha value is -4.98. The fourth-order valence-corrected chi connectivity index (χ4v) is 4.33. The van der Waals surface area contributed by atoms with Gasteiger partial charge in [0.2, 0.25) is 5.91 Å². The van der Waals surface area contributed by atoms with E-state index in [0.29, 0.717) is 16.9 Å². The standard InChI is InChI=1S/C29H24N4O4/c1-2-19-12-14-22(15-13-19)33-28(36)24(27(35)31-29(33)37)16-20-17-32(25-11-7-6-10-23(20)25)18-26(34)30-21-8-4-3-5-9-21/h3-17H,2,18H2,1H3,(H,30,34)(H,31,35,37)/b24-16-. The Morgan fingerprint density at radius 2 is 1.62 bits per heavy atom. The first-order chi connectivity index (χ1) is 17.9. The van der Waals surface area contributed by atoms with E-state index >= 15 is 0 Å². The molecule has 0 spiro atoms. The average molecular weight is 493 g/mol. The Morgan fingerprint density at radius 3 is 2.35 bits per heavy atom. The first kappa shape index (κ1) is 23.7. The third kappa shape index (κ3) is 4.77. The topological polar surface area (TPSA) is 101 Å². The second kappa shape index (κ2) is 9.94. The highest BCUT2D eigenvalue weighted by atomic mass is 16.2. The smallest absolute Gasteiger partial charge is 0.335 e. The maximum Gasteiger partial charge on any atom is 0.335 e. The largest absolute Gasteiger partial charge is 0.337 e. The van der Waals surface area contributed by atoms with E-state index in [1.54, 1.807) is 35.0 Å². The van der Waals surface area contributed by atoms with Crippen LogP contribution < -0.4 is 15.5 Å². The summed E-state index contributed by atoms with van der Waals surface area (Å²) < 4.78 is 1.76. The van der Waals surface area contributed by atoms with Crippen LogP contribution in [0.3, 0.4) is 0 Å². The summed E-state index contributed by atoms with van der Waals surface area (Å²) in [6, 6.07) is 22.8. The van der Waals surface area contributed by atoms with Crippen LogP contribution in [-0.2, 0) is 27.3 Å². The van der Waals surface area contributed by atoms with Crippen molar-refractivity contribution < 1.29 is 19.2 Å². The lowest BCUT2D eigenvalue weighted by Crippen LogP contribution is -2.54. The van der Waals surface area contributed by atoms with Crippen molar-refractivity contribution in [3.8, 4) is 0 Å². The number of anilines is 2. The van der Waals surface area contributed by atoms with Gasteiger partial charge in [0.1, 0.15) is 12.1 Å². The number of para-hydroxylation sites is 2. The Balaban J connectivity index is 1.48. The van der Waals surface area contributed by atoms with Gasteiger partial charge in [0.05, 0.1) is 5.69 Å². The molecule has 2 N–H and O–H groups in total. The summed E-state index contributed by atoms with van der Waals surface area (Å²) in [6.07, 6.45) is 4.00. The highest BCUT2D eigenvalue weighted by Crippen LogP contribution is 2.27. The number of carbonyl (C=O) groups excluding carboxylic acids is 4. The molecular formula is C29H24N4O4. The zero-order valence-corrected chi connectivity index (χ0v) is 20.1. The Labute approximate surface area is 213 Å². The van der Waals surface area contributed by atoms with Gasteiger partial charge in [-0.25, -0.2) is 9.69 Å². The third-order valence-corrected chi connectivity index (χ3v) is 6.20. The van der Waals surface area contributed by atoms with E-state index in [9.17, 15) is 19.2 Å². The number of aryl methyl sites for hydroxylation is 1. The number of nitrogens with one attached hydrogen (secondary N) is 2. The zero-order valence-electron chi connectivity index (χ0n) is 20.1. The number of nitrogens with zero attached hydrogens (tertiary/aromatic N) is 2. The molecule has 8 nitrogen and oxygen atoms in total. The van der Waals surface area contributed by atoms with Crippen molar-refractivity contribution in [2.45, 2.75) is 19.9 Å². The van der Waals surface area contributed by atoms with Crippen LogP contribution in [0.4, 0.5) is 16.2 Å². The van der Waals surface area contributed by atoms with E-state index in [-0.39, 0.29) is 18.0 Å². The maximum atomic E-state index is 13.3. The van der Waals surface area contributed by atoms with E-state index in [2.05, 4.69) is 10.6 Å². The molecule has 0 aliphatic carbocycles. The van der Waals surface area contributed by atoms with Crippen molar-refractivity contribution in [1.29, 1.82) is 0 Å². The first-order valence-electron chi connectivity index (χ1n) is 11.9. The van der Waals surface area contributed by atoms with Gasteiger partial charge in [-0.3, -0.25) is 19.7 Å². The summed E-state index contributed by atoms with van der Waals surface area (Å²) in [5.74, 6) is -1.70. The number of hydrogen-bond acceptors (Lipinski definition) is 4. The van der Waals surface area contributed by atoms with Gasteiger partial charge in [0.15, 0.2) is 0 Å². The molecule has 1 fully saturated rings. The lowest BCUT2D eigenvalue weighted by atomic mass is 10.1. The number of hydrogen-bond donors (Lipinski definition) is 2. The van der Waals surface area contributed by atoms with Crippen LogP contribution in [0.2, 0.25) is 0 Å². The molecule has 0 atom stereocenters. The molecule has 1 saturated heterocycles. The minimum Gasteiger partial charge on any atom is -0.337 e. The van der Waals surface area contributed by atoms with Crippen LogP contribution in [0.25, 0.3) is 17.0 Å². The van der Waals surface area contributed by atoms with Crippen molar-refractivity contribution in [2.24, 2.45) is 0 Å². The Bertz CT molecular complexity index is 1550. The number of amides is 5. The Kier molecular flexibility index (Phi) is 6.38. The van der Waals surface area contributed by atoms with Gasteiger partial charge < -0.3 is 9.88 Å². The fourth-order valence-electron chi connectivity index (χ4n) is 4.33.